The van der Waals surface area contributed by atoms with E-state index in [1.165, 1.54) is 6.33 Å². The first-order chi connectivity index (χ1) is 16.0. The van der Waals surface area contributed by atoms with Gasteiger partial charge in [0.2, 0.25) is 5.88 Å². The van der Waals surface area contributed by atoms with E-state index < -0.39 is 0 Å². The van der Waals surface area contributed by atoms with Crippen LogP contribution in [0.15, 0.2) is 67.0 Å². The van der Waals surface area contributed by atoms with Crippen LogP contribution in [0.5, 0.6) is 17.4 Å². The lowest BCUT2D eigenvalue weighted by Gasteiger charge is -2.10. The third-order valence-corrected chi connectivity index (χ3v) is 4.61. The number of hydrogen-bond acceptors (Lipinski definition) is 6. The number of anilines is 2. The molecule has 0 saturated carbocycles. The minimum atomic E-state index is -0.349. The van der Waals surface area contributed by atoms with Gasteiger partial charge in [0.05, 0.1) is 12.3 Å². The number of benzene rings is 2. The van der Waals surface area contributed by atoms with E-state index in [1.54, 1.807) is 59.3 Å². The molecule has 0 unspecified atom stereocenters. The Morgan fingerprint density at radius 2 is 1.55 bits per heavy atom. The van der Waals surface area contributed by atoms with Crippen LogP contribution in [-0.2, 0) is 0 Å². The molecular formula is C24H24N6O3. The Bertz CT molecular complexity index is 1240. The zero-order chi connectivity index (χ0) is 23.2. The first kappa shape index (κ1) is 21.8. The molecule has 0 aliphatic heterocycles. The number of aromatic nitrogens is 4. The molecule has 2 heterocycles. The molecule has 2 N–H and O–H groups in total. The number of carbonyl (C=O) groups excluding carboxylic acids is 1. The maximum Gasteiger partial charge on any atom is 0.323 e. The van der Waals surface area contributed by atoms with Crippen molar-refractivity contribution in [2.45, 2.75) is 20.8 Å². The summed E-state index contributed by atoms with van der Waals surface area (Å²) in [6.07, 6.45) is 1.43. The minimum absolute atomic E-state index is 0.349. The van der Waals surface area contributed by atoms with Crippen LogP contribution >= 0.6 is 0 Å². The van der Waals surface area contributed by atoms with Crippen LogP contribution in [0.2, 0.25) is 0 Å². The number of ether oxygens (including phenoxy) is 2. The maximum absolute atomic E-state index is 12.3. The molecule has 2 aromatic heterocycles. The molecule has 0 atom stereocenters. The molecule has 2 amide bonds. The van der Waals surface area contributed by atoms with Crippen molar-refractivity contribution in [1.82, 2.24) is 19.7 Å². The van der Waals surface area contributed by atoms with Crippen LogP contribution in [0, 0.1) is 13.8 Å². The van der Waals surface area contributed by atoms with Gasteiger partial charge in [-0.25, -0.2) is 19.4 Å². The average molecular weight is 444 g/mol. The van der Waals surface area contributed by atoms with Crippen molar-refractivity contribution in [3.63, 3.8) is 0 Å². The molecule has 168 valence electrons. The van der Waals surface area contributed by atoms with E-state index in [9.17, 15) is 4.79 Å². The van der Waals surface area contributed by atoms with Crippen LogP contribution in [0.4, 0.5) is 16.2 Å². The van der Waals surface area contributed by atoms with Gasteiger partial charge in [0, 0.05) is 23.1 Å². The van der Waals surface area contributed by atoms with E-state index in [0.717, 1.165) is 17.1 Å². The highest BCUT2D eigenvalue weighted by Gasteiger charge is 2.08. The number of urea groups is 1. The fraction of sp³-hybridized carbons (Fsp3) is 0.167. The quantitative estimate of drug-likeness (QED) is 0.410. The molecule has 0 saturated heterocycles. The van der Waals surface area contributed by atoms with Gasteiger partial charge >= 0.3 is 6.03 Å². The molecule has 0 radical (unpaired) electrons. The zero-order valence-corrected chi connectivity index (χ0v) is 18.6. The molecule has 0 aliphatic rings. The molecule has 2 aromatic carbocycles. The Kier molecular flexibility index (Phi) is 6.49. The number of nitrogens with zero attached hydrogens (tertiary/aromatic N) is 4. The third kappa shape index (κ3) is 5.65. The summed E-state index contributed by atoms with van der Waals surface area (Å²) in [5, 5.41) is 10.00. The fourth-order valence-electron chi connectivity index (χ4n) is 3.18. The van der Waals surface area contributed by atoms with Crippen molar-refractivity contribution in [1.29, 1.82) is 0 Å². The molecule has 0 aliphatic carbocycles. The maximum atomic E-state index is 12.3. The summed E-state index contributed by atoms with van der Waals surface area (Å²) in [4.78, 5) is 20.7. The van der Waals surface area contributed by atoms with E-state index in [2.05, 4.69) is 25.7 Å². The summed E-state index contributed by atoms with van der Waals surface area (Å²) in [7, 11) is 0. The van der Waals surface area contributed by atoms with Gasteiger partial charge < -0.3 is 20.1 Å². The van der Waals surface area contributed by atoms with Crippen LogP contribution in [0.3, 0.4) is 0 Å². The van der Waals surface area contributed by atoms with Crippen LogP contribution < -0.4 is 20.1 Å². The molecular weight excluding hydrogens is 420 g/mol. The first-order valence-electron chi connectivity index (χ1n) is 10.4. The van der Waals surface area contributed by atoms with Gasteiger partial charge in [-0.15, -0.1) is 0 Å². The molecule has 0 bridgehead atoms. The average Bonchev–Trinajstić information content (AvgIpc) is 3.15. The summed E-state index contributed by atoms with van der Waals surface area (Å²) in [6.45, 7) is 6.40. The second-order valence-corrected chi connectivity index (χ2v) is 7.22. The van der Waals surface area contributed by atoms with E-state index >= 15 is 0 Å². The second-order valence-electron chi connectivity index (χ2n) is 7.22. The monoisotopic (exact) mass is 444 g/mol. The topological polar surface area (TPSA) is 103 Å². The Morgan fingerprint density at radius 3 is 2.12 bits per heavy atom. The SMILES string of the molecule is CCOc1ccc(NC(=O)Nc2ccc(Oc3cc(-n4nc(C)cc4C)ncn3)cc2)cc1. The number of amides is 2. The highest BCUT2D eigenvalue weighted by Crippen LogP contribution is 2.23. The normalized spacial score (nSPS) is 10.5. The van der Waals surface area contributed by atoms with E-state index in [0.29, 0.717) is 35.4 Å². The third-order valence-electron chi connectivity index (χ3n) is 4.61. The predicted octanol–water partition coefficient (Wildman–Crippen LogP) is 5.11. The summed E-state index contributed by atoms with van der Waals surface area (Å²) in [5.41, 5.74) is 3.16. The predicted molar refractivity (Wildman–Crippen MR) is 125 cm³/mol. The zero-order valence-electron chi connectivity index (χ0n) is 18.6. The number of hydrogen-bond donors (Lipinski definition) is 2. The first-order valence-corrected chi connectivity index (χ1v) is 10.4. The fourth-order valence-corrected chi connectivity index (χ4v) is 3.18. The van der Waals surface area contributed by atoms with Crippen molar-refractivity contribution in [3.05, 3.63) is 78.4 Å². The van der Waals surface area contributed by atoms with Gasteiger partial charge in [-0.05, 0) is 75.4 Å². The van der Waals surface area contributed by atoms with E-state index in [-0.39, 0.29) is 6.03 Å². The van der Waals surface area contributed by atoms with Gasteiger partial charge in [-0.1, -0.05) is 0 Å². The molecule has 9 heteroatoms. The van der Waals surface area contributed by atoms with Gasteiger partial charge in [0.1, 0.15) is 17.8 Å². The van der Waals surface area contributed by atoms with E-state index in [1.807, 2.05) is 26.8 Å². The molecule has 0 spiro atoms. The highest BCUT2D eigenvalue weighted by atomic mass is 16.5. The molecule has 4 aromatic rings. The molecule has 4 rings (SSSR count). The molecule has 9 nitrogen and oxygen atoms in total. The van der Waals surface area contributed by atoms with E-state index in [4.69, 9.17) is 9.47 Å². The lowest BCUT2D eigenvalue weighted by molar-refractivity contribution is 0.262. The Morgan fingerprint density at radius 1 is 0.909 bits per heavy atom. The summed E-state index contributed by atoms with van der Waals surface area (Å²) >= 11 is 0. The number of rotatable bonds is 7. The van der Waals surface area contributed by atoms with Gasteiger partial charge in [0.15, 0.2) is 5.82 Å². The van der Waals surface area contributed by atoms with Crippen molar-refractivity contribution >= 4 is 17.4 Å². The smallest absolute Gasteiger partial charge is 0.323 e. The highest BCUT2D eigenvalue weighted by molar-refractivity contribution is 5.99. The van der Waals surface area contributed by atoms with Gasteiger partial charge in [-0.3, -0.25) is 0 Å². The Hall–Kier alpha value is -4.40. The van der Waals surface area contributed by atoms with Crippen molar-refractivity contribution in [2.75, 3.05) is 17.2 Å². The Balaban J connectivity index is 1.36. The number of carbonyl (C=O) groups is 1. The van der Waals surface area contributed by atoms with Crippen molar-refractivity contribution < 1.29 is 14.3 Å². The van der Waals surface area contributed by atoms with Crippen LogP contribution in [-0.4, -0.2) is 32.4 Å². The molecule has 0 fully saturated rings. The van der Waals surface area contributed by atoms with Crippen LogP contribution in [0.25, 0.3) is 5.82 Å². The summed E-state index contributed by atoms with van der Waals surface area (Å²) in [5.74, 6) is 2.34. The number of aryl methyl sites for hydroxylation is 2. The van der Waals surface area contributed by atoms with Gasteiger partial charge in [0.25, 0.3) is 0 Å². The lowest BCUT2D eigenvalue weighted by atomic mass is 10.3. The molecule has 33 heavy (non-hydrogen) atoms. The Labute approximate surface area is 191 Å². The standard InChI is InChI=1S/C24H24N6O3/c1-4-32-20-9-5-18(6-10-20)27-24(31)28-19-7-11-21(12-8-19)33-23-14-22(25-15-26-23)30-17(3)13-16(2)29-30/h5-15H,4H2,1-3H3,(H2,27,28,31). The minimum Gasteiger partial charge on any atom is -0.494 e. The summed E-state index contributed by atoms with van der Waals surface area (Å²) < 4.78 is 13.0. The van der Waals surface area contributed by atoms with Crippen LogP contribution in [0.1, 0.15) is 18.3 Å². The van der Waals surface area contributed by atoms with Crippen molar-refractivity contribution in [2.24, 2.45) is 0 Å². The van der Waals surface area contributed by atoms with Crippen molar-refractivity contribution in [3.8, 4) is 23.2 Å². The lowest BCUT2D eigenvalue weighted by Crippen LogP contribution is -2.19. The number of nitrogens with one attached hydrogen (secondary N) is 2. The summed E-state index contributed by atoms with van der Waals surface area (Å²) in [6, 6.07) is 17.5. The largest absolute Gasteiger partial charge is 0.494 e. The van der Waals surface area contributed by atoms with Gasteiger partial charge in [-0.2, -0.15) is 5.10 Å². The second kappa shape index (κ2) is 9.82.